The van der Waals surface area contributed by atoms with E-state index in [1.165, 1.54) is 18.1 Å². The van der Waals surface area contributed by atoms with Gasteiger partial charge in [0.15, 0.2) is 0 Å². The zero-order valence-electron chi connectivity index (χ0n) is 7.24. The Morgan fingerprint density at radius 2 is 2.15 bits per heavy atom. The molecule has 0 radical (unpaired) electrons. The van der Waals surface area contributed by atoms with Gasteiger partial charge in [0.2, 0.25) is 0 Å². The van der Waals surface area contributed by atoms with Gasteiger partial charge in [-0.15, -0.1) is 0 Å². The van der Waals surface area contributed by atoms with Crippen molar-refractivity contribution >= 4 is 0 Å². The molecule has 0 saturated heterocycles. The summed E-state index contributed by atoms with van der Waals surface area (Å²) in [6, 6.07) is 7.29. The molecule has 0 heterocycles. The first kappa shape index (κ1) is 9.65. The van der Waals surface area contributed by atoms with E-state index in [0.29, 0.717) is 5.56 Å². The monoisotopic (exact) mass is 179 g/mol. The first-order valence-corrected chi connectivity index (χ1v) is 3.78. The van der Waals surface area contributed by atoms with Crippen molar-refractivity contribution in [3.8, 4) is 6.07 Å². The molecule has 1 aromatic carbocycles. The fourth-order valence-electron chi connectivity index (χ4n) is 1.08. The first-order chi connectivity index (χ1) is 6.16. The second-order valence-electron chi connectivity index (χ2n) is 2.72. The third-order valence-corrected chi connectivity index (χ3v) is 1.73. The Hall–Kier alpha value is -1.44. The second kappa shape index (κ2) is 3.99. The highest BCUT2D eigenvalue weighted by molar-refractivity contribution is 5.25. The van der Waals surface area contributed by atoms with E-state index in [4.69, 9.17) is 11.1 Å². The van der Waals surface area contributed by atoms with Gasteiger partial charge in [0.1, 0.15) is 11.9 Å². The highest BCUT2D eigenvalue weighted by atomic mass is 19.1. The van der Waals surface area contributed by atoms with Crippen molar-refractivity contribution in [1.82, 2.24) is 5.01 Å². The van der Waals surface area contributed by atoms with E-state index in [-0.39, 0.29) is 0 Å². The van der Waals surface area contributed by atoms with Crippen LogP contribution in [0.25, 0.3) is 0 Å². The summed E-state index contributed by atoms with van der Waals surface area (Å²) in [5.41, 5.74) is 0.301. The van der Waals surface area contributed by atoms with Gasteiger partial charge in [-0.2, -0.15) is 5.26 Å². The Balaban J connectivity index is 3.07. The number of halogens is 1. The number of hydrogen-bond donors (Lipinski definition) is 1. The number of nitrogens with zero attached hydrogens (tertiary/aromatic N) is 2. The maximum absolute atomic E-state index is 13.2. The highest BCUT2D eigenvalue weighted by Crippen LogP contribution is 2.18. The molecule has 1 aromatic rings. The SMILES string of the molecule is CN(N)C(C#N)c1ccccc1F. The minimum atomic E-state index is -0.735. The van der Waals surface area contributed by atoms with Gasteiger partial charge in [-0.25, -0.2) is 9.40 Å². The fourth-order valence-corrected chi connectivity index (χ4v) is 1.08. The van der Waals surface area contributed by atoms with E-state index in [0.717, 1.165) is 0 Å². The summed E-state index contributed by atoms with van der Waals surface area (Å²) in [6.45, 7) is 0. The largest absolute Gasteiger partial charge is 0.267 e. The molecule has 0 aliphatic rings. The number of rotatable bonds is 2. The van der Waals surface area contributed by atoms with Gasteiger partial charge in [-0.05, 0) is 6.07 Å². The van der Waals surface area contributed by atoms with Crippen LogP contribution in [-0.2, 0) is 0 Å². The lowest BCUT2D eigenvalue weighted by atomic mass is 10.1. The van der Waals surface area contributed by atoms with Gasteiger partial charge < -0.3 is 0 Å². The van der Waals surface area contributed by atoms with E-state index in [2.05, 4.69) is 0 Å². The molecular formula is C9H10FN3. The van der Waals surface area contributed by atoms with Crippen molar-refractivity contribution in [2.45, 2.75) is 6.04 Å². The van der Waals surface area contributed by atoms with Crippen LogP contribution in [0.1, 0.15) is 11.6 Å². The van der Waals surface area contributed by atoms with Gasteiger partial charge in [0.05, 0.1) is 6.07 Å². The maximum atomic E-state index is 13.2. The zero-order valence-corrected chi connectivity index (χ0v) is 7.24. The molecule has 0 bridgehead atoms. The van der Waals surface area contributed by atoms with Crippen molar-refractivity contribution in [2.24, 2.45) is 5.84 Å². The lowest BCUT2D eigenvalue weighted by Gasteiger charge is -2.17. The van der Waals surface area contributed by atoms with Gasteiger partial charge in [0.25, 0.3) is 0 Å². The second-order valence-corrected chi connectivity index (χ2v) is 2.72. The van der Waals surface area contributed by atoms with Gasteiger partial charge >= 0.3 is 0 Å². The smallest absolute Gasteiger partial charge is 0.138 e. The van der Waals surface area contributed by atoms with Gasteiger partial charge in [-0.3, -0.25) is 5.84 Å². The number of nitriles is 1. The van der Waals surface area contributed by atoms with Crippen molar-refractivity contribution in [3.63, 3.8) is 0 Å². The summed E-state index contributed by atoms with van der Waals surface area (Å²) in [5.74, 6) is 4.98. The average molecular weight is 179 g/mol. The number of benzene rings is 1. The molecule has 1 rings (SSSR count). The van der Waals surface area contributed by atoms with Crippen LogP contribution in [0, 0.1) is 17.1 Å². The quantitative estimate of drug-likeness (QED) is 0.548. The molecule has 1 atom stereocenters. The fraction of sp³-hybridized carbons (Fsp3) is 0.222. The van der Waals surface area contributed by atoms with E-state index < -0.39 is 11.9 Å². The van der Waals surface area contributed by atoms with Crippen LogP contribution in [-0.4, -0.2) is 12.1 Å². The Kier molecular flexibility index (Phi) is 2.96. The number of nitrogens with two attached hydrogens (primary N) is 1. The molecular weight excluding hydrogens is 169 g/mol. The summed E-state index contributed by atoms with van der Waals surface area (Å²) >= 11 is 0. The Labute approximate surface area is 76.2 Å². The first-order valence-electron chi connectivity index (χ1n) is 3.78. The molecule has 0 spiro atoms. The molecule has 1 unspecified atom stereocenters. The van der Waals surface area contributed by atoms with Crippen molar-refractivity contribution < 1.29 is 4.39 Å². The van der Waals surface area contributed by atoms with E-state index in [1.54, 1.807) is 18.2 Å². The van der Waals surface area contributed by atoms with E-state index >= 15 is 0 Å². The van der Waals surface area contributed by atoms with Crippen LogP contribution in [0.4, 0.5) is 4.39 Å². The standard InChI is InChI=1S/C9H10FN3/c1-13(12)9(6-11)7-4-2-3-5-8(7)10/h2-5,9H,12H2,1H3. The number of hydrazine groups is 1. The van der Waals surface area contributed by atoms with Crippen LogP contribution in [0.3, 0.4) is 0 Å². The van der Waals surface area contributed by atoms with Crippen molar-refractivity contribution in [1.29, 1.82) is 5.26 Å². The molecule has 0 aliphatic heterocycles. The predicted octanol–water partition coefficient (Wildman–Crippen LogP) is 1.20. The van der Waals surface area contributed by atoms with E-state index in [9.17, 15) is 4.39 Å². The van der Waals surface area contributed by atoms with E-state index in [1.807, 2.05) is 6.07 Å². The summed E-state index contributed by atoms with van der Waals surface area (Å²) in [5, 5.41) is 9.91. The predicted molar refractivity (Wildman–Crippen MR) is 46.7 cm³/mol. The molecule has 0 amide bonds. The molecule has 0 aromatic heterocycles. The molecule has 0 saturated carbocycles. The molecule has 0 aliphatic carbocycles. The molecule has 68 valence electrons. The van der Waals surface area contributed by atoms with Crippen LogP contribution in [0.2, 0.25) is 0 Å². The van der Waals surface area contributed by atoms with Gasteiger partial charge in [-0.1, -0.05) is 18.2 Å². The summed E-state index contributed by atoms with van der Waals surface area (Å²) in [7, 11) is 1.53. The molecule has 0 fully saturated rings. The lowest BCUT2D eigenvalue weighted by molar-refractivity contribution is 0.297. The van der Waals surface area contributed by atoms with Crippen LogP contribution >= 0.6 is 0 Å². The molecule has 2 N–H and O–H groups in total. The third kappa shape index (κ3) is 2.02. The van der Waals surface area contributed by atoms with Crippen molar-refractivity contribution in [2.75, 3.05) is 7.05 Å². The molecule has 3 nitrogen and oxygen atoms in total. The third-order valence-electron chi connectivity index (χ3n) is 1.73. The Bertz CT molecular complexity index is 330. The molecule has 13 heavy (non-hydrogen) atoms. The minimum Gasteiger partial charge on any atom is -0.267 e. The maximum Gasteiger partial charge on any atom is 0.138 e. The zero-order chi connectivity index (χ0) is 9.84. The van der Waals surface area contributed by atoms with Crippen molar-refractivity contribution in [3.05, 3.63) is 35.6 Å². The lowest BCUT2D eigenvalue weighted by Crippen LogP contribution is -2.30. The summed E-state index contributed by atoms with van der Waals surface area (Å²) in [6.07, 6.45) is 0. The number of hydrogen-bond acceptors (Lipinski definition) is 3. The summed E-state index contributed by atoms with van der Waals surface area (Å²) < 4.78 is 13.2. The topological polar surface area (TPSA) is 53.0 Å². The Morgan fingerprint density at radius 1 is 1.54 bits per heavy atom. The van der Waals surface area contributed by atoms with Crippen LogP contribution in [0.5, 0.6) is 0 Å². The van der Waals surface area contributed by atoms with Gasteiger partial charge in [0, 0.05) is 12.6 Å². The minimum absolute atomic E-state index is 0.301. The molecule has 4 heteroatoms. The average Bonchev–Trinajstić information content (AvgIpc) is 2.09. The van der Waals surface area contributed by atoms with Crippen LogP contribution < -0.4 is 5.84 Å². The Morgan fingerprint density at radius 3 is 2.62 bits per heavy atom. The highest BCUT2D eigenvalue weighted by Gasteiger charge is 2.16. The normalized spacial score (nSPS) is 12.5. The van der Waals surface area contributed by atoms with Crippen LogP contribution in [0.15, 0.2) is 24.3 Å². The summed E-state index contributed by atoms with van der Waals surface area (Å²) in [4.78, 5) is 0.